The van der Waals surface area contributed by atoms with E-state index in [1.54, 1.807) is 5.43 Å². The first-order chi connectivity index (χ1) is 4.97. The minimum atomic E-state index is 0.412. The predicted octanol–water partition coefficient (Wildman–Crippen LogP) is -1.00. The van der Waals surface area contributed by atoms with Crippen LogP contribution in [0.2, 0.25) is 0 Å². The highest BCUT2D eigenvalue weighted by atomic mass is 15.6. The van der Waals surface area contributed by atoms with Crippen LogP contribution in [-0.4, -0.2) is 18.4 Å². The molecule has 2 heterocycles. The maximum atomic E-state index is 3.87. The van der Waals surface area contributed by atoms with Gasteiger partial charge in [-0.05, 0) is 19.4 Å². The molecule has 2 rings (SSSR count). The molecule has 2 aliphatic rings. The smallest absolute Gasteiger partial charge is 0.266 e. The molecule has 54 valence electrons. The van der Waals surface area contributed by atoms with Gasteiger partial charge in [0, 0.05) is 5.22 Å². The van der Waals surface area contributed by atoms with Crippen molar-refractivity contribution in [1.82, 2.24) is 5.32 Å². The lowest BCUT2D eigenvalue weighted by molar-refractivity contribution is -0.550. The van der Waals surface area contributed by atoms with Crippen LogP contribution in [0.5, 0.6) is 0 Å². The number of hydrogen-bond acceptors (Lipinski definition) is 4. The summed E-state index contributed by atoms with van der Waals surface area (Å²) in [6.07, 6.45) is 2.40. The second-order valence-electron chi connectivity index (χ2n) is 2.51. The zero-order valence-electron chi connectivity index (χ0n) is 5.62. The molecule has 0 radical (unpaired) electrons. The average molecular weight is 140 g/mol. The zero-order valence-corrected chi connectivity index (χ0v) is 5.62. The second-order valence-corrected chi connectivity index (χ2v) is 2.51. The molecule has 1 atom stereocenters. The lowest BCUT2D eigenvalue weighted by Crippen LogP contribution is -2.84. The summed E-state index contributed by atoms with van der Waals surface area (Å²) in [7, 11) is 0. The zero-order chi connectivity index (χ0) is 6.81. The van der Waals surface area contributed by atoms with Crippen molar-refractivity contribution in [2.24, 2.45) is 15.5 Å². The molecule has 0 unspecified atom stereocenters. The van der Waals surface area contributed by atoms with Crippen molar-refractivity contribution in [3.8, 4) is 0 Å². The van der Waals surface area contributed by atoms with E-state index in [0.717, 1.165) is 12.4 Å². The molecule has 2 aliphatic heterocycles. The second kappa shape index (κ2) is 2.43. The largest absolute Gasteiger partial charge is 0.304 e. The molecule has 0 aliphatic carbocycles. The Bertz CT molecular complexity index is 178. The van der Waals surface area contributed by atoms with Gasteiger partial charge in [-0.2, -0.15) is 5.43 Å². The van der Waals surface area contributed by atoms with Crippen LogP contribution in [0.3, 0.4) is 0 Å². The van der Waals surface area contributed by atoms with Crippen LogP contribution in [0, 0.1) is 0 Å². The molecule has 1 saturated heterocycles. The molecule has 1 fully saturated rings. The molecule has 5 nitrogen and oxygen atoms in total. The van der Waals surface area contributed by atoms with E-state index < -0.39 is 0 Å². The van der Waals surface area contributed by atoms with Gasteiger partial charge in [0.2, 0.25) is 0 Å². The van der Waals surface area contributed by atoms with Gasteiger partial charge < -0.3 is 5.32 Å². The van der Waals surface area contributed by atoms with Crippen LogP contribution in [0.25, 0.3) is 0 Å². The van der Waals surface area contributed by atoms with Gasteiger partial charge in [0.05, 0.1) is 5.22 Å². The van der Waals surface area contributed by atoms with Gasteiger partial charge in [-0.25, -0.2) is 0 Å². The van der Waals surface area contributed by atoms with Crippen molar-refractivity contribution < 1.29 is 5.43 Å². The van der Waals surface area contributed by atoms with Crippen LogP contribution in [0.4, 0.5) is 0 Å². The van der Waals surface area contributed by atoms with Gasteiger partial charge in [0.1, 0.15) is 6.04 Å². The molecule has 0 aromatic carbocycles. The summed E-state index contributed by atoms with van der Waals surface area (Å²) in [5, 5.41) is 14.4. The highest BCUT2D eigenvalue weighted by Crippen LogP contribution is 2.04. The van der Waals surface area contributed by atoms with Crippen LogP contribution in [0.1, 0.15) is 12.8 Å². The molecule has 0 amide bonds. The maximum absolute atomic E-state index is 3.87. The lowest BCUT2D eigenvalue weighted by Gasteiger charge is -2.01. The summed E-state index contributed by atoms with van der Waals surface area (Å²) >= 11 is 0. The highest BCUT2D eigenvalue weighted by molar-refractivity contribution is 5.78. The SMILES string of the molecule is C1CN[C@H](C2=NN=N[NH2+]2)C1. The fourth-order valence-corrected chi connectivity index (χ4v) is 1.28. The van der Waals surface area contributed by atoms with E-state index in [1.165, 1.54) is 12.8 Å². The third-order valence-corrected chi connectivity index (χ3v) is 1.82. The summed E-state index contributed by atoms with van der Waals surface area (Å²) in [6, 6.07) is 0.412. The fourth-order valence-electron chi connectivity index (χ4n) is 1.28. The van der Waals surface area contributed by atoms with Gasteiger partial charge >= 0.3 is 0 Å². The molecular formula is C5H10N5+. The van der Waals surface area contributed by atoms with E-state index in [-0.39, 0.29) is 0 Å². The Morgan fingerprint density at radius 3 is 3.20 bits per heavy atom. The average Bonchev–Trinajstić information content (AvgIpc) is 2.59. The third-order valence-electron chi connectivity index (χ3n) is 1.82. The van der Waals surface area contributed by atoms with E-state index in [9.17, 15) is 0 Å². The molecule has 0 bridgehead atoms. The number of rotatable bonds is 1. The molecule has 0 aromatic heterocycles. The number of nitrogens with zero attached hydrogens (tertiary/aromatic N) is 3. The Kier molecular flexibility index (Phi) is 1.44. The predicted molar refractivity (Wildman–Crippen MR) is 35.2 cm³/mol. The Hall–Kier alpha value is -0.810. The van der Waals surface area contributed by atoms with Crippen molar-refractivity contribution in [3.63, 3.8) is 0 Å². The van der Waals surface area contributed by atoms with Gasteiger partial charge in [-0.15, -0.1) is 0 Å². The van der Waals surface area contributed by atoms with Crippen LogP contribution in [-0.2, 0) is 0 Å². The van der Waals surface area contributed by atoms with Gasteiger partial charge in [0.15, 0.2) is 0 Å². The highest BCUT2D eigenvalue weighted by Gasteiger charge is 2.25. The third kappa shape index (κ3) is 0.932. The summed E-state index contributed by atoms with van der Waals surface area (Å²) < 4.78 is 0. The first kappa shape index (κ1) is 5.94. The summed E-state index contributed by atoms with van der Waals surface area (Å²) in [4.78, 5) is 0. The van der Waals surface area contributed by atoms with Crippen molar-refractivity contribution in [2.75, 3.05) is 6.54 Å². The van der Waals surface area contributed by atoms with E-state index in [0.29, 0.717) is 6.04 Å². The number of quaternary nitrogens is 1. The first-order valence-electron chi connectivity index (χ1n) is 3.51. The van der Waals surface area contributed by atoms with E-state index >= 15 is 0 Å². The minimum absolute atomic E-state index is 0.412. The Labute approximate surface area is 58.6 Å². The van der Waals surface area contributed by atoms with E-state index in [2.05, 4.69) is 20.9 Å². The summed E-state index contributed by atoms with van der Waals surface area (Å²) in [5.41, 5.74) is 1.73. The standard InChI is InChI=1S/C5H9N5/c1-2-4(6-3-1)5-7-9-10-8-5/h4,6H,1-3H2,(H,7,8,9,10)/p+1/t4-/m0/s1. The fraction of sp³-hybridized carbons (Fsp3) is 0.800. The number of nitrogens with two attached hydrogens (primary N) is 1. The lowest BCUT2D eigenvalue weighted by atomic mass is 10.2. The number of amidine groups is 1. The molecule has 5 heteroatoms. The van der Waals surface area contributed by atoms with E-state index in [1.807, 2.05) is 0 Å². The first-order valence-corrected chi connectivity index (χ1v) is 3.51. The number of nitrogens with one attached hydrogen (secondary N) is 1. The molecule has 0 saturated carbocycles. The monoisotopic (exact) mass is 140 g/mol. The summed E-state index contributed by atoms with van der Waals surface area (Å²) in [5.74, 6) is 0.984. The molecule has 10 heavy (non-hydrogen) atoms. The molecule has 0 spiro atoms. The van der Waals surface area contributed by atoms with Gasteiger partial charge in [-0.3, -0.25) is 0 Å². The van der Waals surface area contributed by atoms with Crippen molar-refractivity contribution in [2.45, 2.75) is 18.9 Å². The quantitative estimate of drug-likeness (QED) is 0.450. The normalized spacial score (nSPS) is 31.2. The Morgan fingerprint density at radius 2 is 2.60 bits per heavy atom. The Balaban J connectivity index is 1.99. The number of hydrogen-bond donors (Lipinski definition) is 2. The minimum Gasteiger partial charge on any atom is -0.304 e. The van der Waals surface area contributed by atoms with Crippen molar-refractivity contribution in [1.29, 1.82) is 0 Å². The van der Waals surface area contributed by atoms with Gasteiger partial charge in [-0.1, -0.05) is 5.10 Å². The topological polar surface area (TPSA) is 65.7 Å². The van der Waals surface area contributed by atoms with Crippen LogP contribution in [0.15, 0.2) is 15.5 Å². The van der Waals surface area contributed by atoms with E-state index in [4.69, 9.17) is 0 Å². The molecule has 0 aromatic rings. The van der Waals surface area contributed by atoms with Crippen LogP contribution >= 0.6 is 0 Å². The molecule has 3 N–H and O–H groups in total. The van der Waals surface area contributed by atoms with Crippen LogP contribution < -0.4 is 10.7 Å². The summed E-state index contributed by atoms with van der Waals surface area (Å²) in [6.45, 7) is 1.09. The van der Waals surface area contributed by atoms with Gasteiger partial charge in [0.25, 0.3) is 5.84 Å². The van der Waals surface area contributed by atoms with Crippen molar-refractivity contribution in [3.05, 3.63) is 0 Å². The van der Waals surface area contributed by atoms with Crippen molar-refractivity contribution >= 4 is 5.84 Å². The molecular weight excluding hydrogens is 130 g/mol. The maximum Gasteiger partial charge on any atom is 0.266 e. The Morgan fingerprint density at radius 1 is 1.60 bits per heavy atom.